The molecule has 0 bridgehead atoms. The summed E-state index contributed by atoms with van der Waals surface area (Å²) >= 11 is 6.09. The van der Waals surface area contributed by atoms with Gasteiger partial charge in [0.2, 0.25) is 0 Å². The van der Waals surface area contributed by atoms with E-state index >= 15 is 0 Å². The highest BCUT2D eigenvalue weighted by Crippen LogP contribution is 2.35. The van der Waals surface area contributed by atoms with Crippen molar-refractivity contribution in [3.8, 4) is 0 Å². The molecule has 1 aliphatic rings. The van der Waals surface area contributed by atoms with Crippen LogP contribution in [0.15, 0.2) is 24.3 Å². The maximum absolute atomic E-state index is 6.42. The zero-order chi connectivity index (χ0) is 14.0. The van der Waals surface area contributed by atoms with E-state index in [1.165, 1.54) is 0 Å². The lowest BCUT2D eigenvalue weighted by molar-refractivity contribution is -0.133. The van der Waals surface area contributed by atoms with Gasteiger partial charge in [-0.3, -0.25) is 0 Å². The fraction of sp³-hybridized carbons (Fsp3) is 0.625. The molecule has 0 spiro atoms. The van der Waals surface area contributed by atoms with Crippen molar-refractivity contribution < 1.29 is 4.74 Å². The molecule has 0 amide bonds. The average molecular weight is 282 g/mol. The molecule has 1 N–H and O–H groups in total. The normalized spacial score (nSPS) is 31.7. The van der Waals surface area contributed by atoms with E-state index in [1.807, 2.05) is 18.2 Å². The zero-order valence-corrected chi connectivity index (χ0v) is 13.0. The van der Waals surface area contributed by atoms with Gasteiger partial charge in [-0.05, 0) is 43.9 Å². The number of halogens is 1. The van der Waals surface area contributed by atoms with Gasteiger partial charge in [0, 0.05) is 17.6 Å². The van der Waals surface area contributed by atoms with Gasteiger partial charge in [-0.2, -0.15) is 0 Å². The van der Waals surface area contributed by atoms with Crippen LogP contribution >= 0.6 is 11.6 Å². The van der Waals surface area contributed by atoms with E-state index in [1.54, 1.807) is 0 Å². The summed E-state index contributed by atoms with van der Waals surface area (Å²) in [6, 6.07) is 8.29. The van der Waals surface area contributed by atoms with E-state index in [9.17, 15) is 0 Å². The van der Waals surface area contributed by atoms with Crippen LogP contribution in [-0.4, -0.2) is 18.2 Å². The van der Waals surface area contributed by atoms with Gasteiger partial charge < -0.3 is 10.1 Å². The van der Waals surface area contributed by atoms with Crippen LogP contribution in [-0.2, 0) is 4.74 Å². The number of ether oxygens (including phenoxy) is 1. The molecule has 0 radical (unpaired) electrons. The minimum absolute atomic E-state index is 0.0659. The second-order valence-corrected chi connectivity index (χ2v) is 6.75. The van der Waals surface area contributed by atoms with Crippen molar-refractivity contribution in [2.24, 2.45) is 5.92 Å². The van der Waals surface area contributed by atoms with Crippen molar-refractivity contribution in [2.75, 3.05) is 6.54 Å². The average Bonchev–Trinajstić information content (AvgIpc) is 2.31. The van der Waals surface area contributed by atoms with Gasteiger partial charge in [0.05, 0.1) is 11.7 Å². The van der Waals surface area contributed by atoms with Crippen molar-refractivity contribution in [2.45, 2.75) is 51.9 Å². The van der Waals surface area contributed by atoms with Crippen LogP contribution in [0.3, 0.4) is 0 Å². The molecule has 0 aliphatic carbocycles. The predicted octanol–water partition coefficient (Wildman–Crippen LogP) is 4.19. The molecule has 0 saturated carbocycles. The number of hydrogen-bond donors (Lipinski definition) is 1. The molecule has 2 rings (SSSR count). The fourth-order valence-electron chi connectivity index (χ4n) is 2.96. The molecule has 3 unspecified atom stereocenters. The van der Waals surface area contributed by atoms with Gasteiger partial charge in [0.25, 0.3) is 0 Å². The van der Waals surface area contributed by atoms with E-state index in [2.05, 4.69) is 39.1 Å². The number of nitrogens with one attached hydrogen (secondary N) is 1. The molecule has 1 aliphatic heterocycles. The van der Waals surface area contributed by atoms with Gasteiger partial charge in [-0.1, -0.05) is 37.6 Å². The van der Waals surface area contributed by atoms with Gasteiger partial charge in [-0.15, -0.1) is 0 Å². The lowest BCUT2D eigenvalue weighted by Gasteiger charge is -2.44. The minimum Gasteiger partial charge on any atom is -0.364 e. The Bertz CT molecular complexity index is 435. The summed E-state index contributed by atoms with van der Waals surface area (Å²) in [6.07, 6.45) is 1.13. The van der Waals surface area contributed by atoms with Crippen LogP contribution in [0.25, 0.3) is 0 Å². The molecule has 1 fully saturated rings. The lowest BCUT2D eigenvalue weighted by atomic mass is 9.90. The van der Waals surface area contributed by atoms with E-state index in [0.717, 1.165) is 23.6 Å². The summed E-state index contributed by atoms with van der Waals surface area (Å²) in [6.45, 7) is 9.75. The molecule has 1 aromatic rings. The quantitative estimate of drug-likeness (QED) is 0.897. The Hall–Kier alpha value is -0.570. The first-order chi connectivity index (χ1) is 8.89. The van der Waals surface area contributed by atoms with Crippen LogP contribution in [0.2, 0.25) is 5.02 Å². The molecular weight excluding hydrogens is 258 g/mol. The van der Waals surface area contributed by atoms with E-state index in [0.29, 0.717) is 12.0 Å². The van der Waals surface area contributed by atoms with Crippen molar-refractivity contribution in [1.29, 1.82) is 0 Å². The molecule has 19 heavy (non-hydrogen) atoms. The van der Waals surface area contributed by atoms with E-state index in [-0.39, 0.29) is 11.7 Å². The molecule has 1 saturated heterocycles. The highest BCUT2D eigenvalue weighted by atomic mass is 35.5. The Labute approximate surface area is 121 Å². The number of benzene rings is 1. The second-order valence-electron chi connectivity index (χ2n) is 6.31. The molecular formula is C16H24ClNO. The topological polar surface area (TPSA) is 21.3 Å². The largest absolute Gasteiger partial charge is 0.364 e. The fourth-order valence-corrected chi connectivity index (χ4v) is 3.16. The van der Waals surface area contributed by atoms with Crippen LogP contribution < -0.4 is 5.32 Å². The summed E-state index contributed by atoms with van der Waals surface area (Å²) in [5, 5.41) is 4.35. The molecule has 3 atom stereocenters. The molecule has 0 aromatic heterocycles. The lowest BCUT2D eigenvalue weighted by Crippen LogP contribution is -2.53. The molecule has 1 aromatic carbocycles. The Morgan fingerprint density at radius 1 is 1.47 bits per heavy atom. The summed E-state index contributed by atoms with van der Waals surface area (Å²) in [5.74, 6) is 0.625. The first kappa shape index (κ1) is 14.8. The highest BCUT2D eigenvalue weighted by molar-refractivity contribution is 6.30. The van der Waals surface area contributed by atoms with Gasteiger partial charge >= 0.3 is 0 Å². The minimum atomic E-state index is -0.104. The molecule has 106 valence electrons. The monoisotopic (exact) mass is 281 g/mol. The maximum Gasteiger partial charge on any atom is 0.0983 e. The smallest absolute Gasteiger partial charge is 0.0983 e. The Morgan fingerprint density at radius 2 is 2.21 bits per heavy atom. The summed E-state index contributed by atoms with van der Waals surface area (Å²) in [4.78, 5) is 0. The predicted molar refractivity (Wildman–Crippen MR) is 80.6 cm³/mol. The molecule has 2 nitrogen and oxygen atoms in total. The summed E-state index contributed by atoms with van der Waals surface area (Å²) in [5.41, 5.74) is 1.05. The standard InChI is InChI=1S/C16H24ClNO/c1-11(2)9-16(4)10-18-12(3)15(19-16)13-6-5-7-14(17)8-13/h5-8,11-12,15,18H,9-10H2,1-4H3. The molecule has 1 heterocycles. The van der Waals surface area contributed by atoms with Crippen LogP contribution in [0.1, 0.15) is 45.8 Å². The van der Waals surface area contributed by atoms with Gasteiger partial charge in [0.1, 0.15) is 0 Å². The Morgan fingerprint density at radius 3 is 2.84 bits per heavy atom. The third-order valence-corrected chi connectivity index (χ3v) is 3.92. The van der Waals surface area contributed by atoms with Gasteiger partial charge in [0.15, 0.2) is 0 Å². The highest BCUT2D eigenvalue weighted by Gasteiger charge is 2.37. The number of morpholine rings is 1. The first-order valence-electron chi connectivity index (χ1n) is 7.06. The van der Waals surface area contributed by atoms with Crippen LogP contribution in [0, 0.1) is 5.92 Å². The van der Waals surface area contributed by atoms with E-state index < -0.39 is 0 Å². The molecule has 3 heteroatoms. The first-order valence-corrected chi connectivity index (χ1v) is 7.44. The SMILES string of the molecule is CC(C)CC1(C)CNC(C)C(c2cccc(Cl)c2)O1. The third-order valence-electron chi connectivity index (χ3n) is 3.68. The Balaban J connectivity index is 2.19. The van der Waals surface area contributed by atoms with Crippen molar-refractivity contribution in [1.82, 2.24) is 5.32 Å². The summed E-state index contributed by atoms with van der Waals surface area (Å²) < 4.78 is 6.42. The van der Waals surface area contributed by atoms with Crippen molar-refractivity contribution in [3.05, 3.63) is 34.9 Å². The van der Waals surface area contributed by atoms with E-state index in [4.69, 9.17) is 16.3 Å². The van der Waals surface area contributed by atoms with Gasteiger partial charge in [-0.25, -0.2) is 0 Å². The summed E-state index contributed by atoms with van der Waals surface area (Å²) in [7, 11) is 0. The number of rotatable bonds is 3. The van der Waals surface area contributed by atoms with Crippen LogP contribution in [0.4, 0.5) is 0 Å². The second kappa shape index (κ2) is 5.82. The number of hydrogen-bond acceptors (Lipinski definition) is 2. The Kier molecular flexibility index (Phi) is 4.54. The van der Waals surface area contributed by atoms with Crippen molar-refractivity contribution in [3.63, 3.8) is 0 Å². The maximum atomic E-state index is 6.42. The van der Waals surface area contributed by atoms with Crippen LogP contribution in [0.5, 0.6) is 0 Å². The third kappa shape index (κ3) is 3.71. The zero-order valence-electron chi connectivity index (χ0n) is 12.2. The van der Waals surface area contributed by atoms with Crippen molar-refractivity contribution >= 4 is 11.6 Å².